The van der Waals surface area contributed by atoms with Gasteiger partial charge in [-0.1, -0.05) is 112 Å². The third kappa shape index (κ3) is 6.11. The van der Waals surface area contributed by atoms with Crippen molar-refractivity contribution in [2.75, 3.05) is 26.2 Å². The van der Waals surface area contributed by atoms with Gasteiger partial charge in [0, 0.05) is 61.2 Å². The van der Waals surface area contributed by atoms with Crippen LogP contribution >= 0.6 is 0 Å². The Morgan fingerprint density at radius 2 is 1.54 bits per heavy atom. The average Bonchev–Trinajstić information content (AvgIpc) is 3.48. The molecule has 15 atom stereocenters. The summed E-state index contributed by atoms with van der Waals surface area (Å²) in [4.78, 5) is 38.1. The van der Waals surface area contributed by atoms with Crippen LogP contribution in [-0.2, 0) is 26.3 Å². The molecule has 8 nitrogen and oxygen atoms in total. The minimum Gasteiger partial charge on any atom is -0.509 e. The number of piperidine rings is 2. The minimum absolute atomic E-state index is 0.118. The van der Waals surface area contributed by atoms with Crippen molar-refractivity contribution in [2.24, 2.45) is 87.1 Å². The molecule has 5 saturated carbocycles. The van der Waals surface area contributed by atoms with Gasteiger partial charge in [0.25, 0.3) is 0 Å². The third-order valence-corrected chi connectivity index (χ3v) is 25.8. The molecule has 19 rings (SSSR count). The van der Waals surface area contributed by atoms with E-state index in [1.54, 1.807) is 16.8 Å². The zero-order valence-electron chi connectivity index (χ0n) is 44.8. The number of nitrogens with zero attached hydrogens (tertiary/aromatic N) is 2. The van der Waals surface area contributed by atoms with Crippen molar-refractivity contribution in [1.82, 2.24) is 9.80 Å². The molecule has 0 amide bonds. The summed E-state index contributed by atoms with van der Waals surface area (Å²) in [6.07, 6.45) is 39.5. The van der Waals surface area contributed by atoms with E-state index in [2.05, 4.69) is 40.2 Å². The van der Waals surface area contributed by atoms with Crippen LogP contribution < -0.4 is 5.73 Å². The van der Waals surface area contributed by atoms with Gasteiger partial charge in [0.2, 0.25) is 0 Å². The van der Waals surface area contributed by atoms with E-state index in [0.717, 1.165) is 55.8 Å². The van der Waals surface area contributed by atoms with Gasteiger partial charge in [-0.25, -0.2) is 4.79 Å². The normalized spacial score (nSPS) is 46.1. The number of nitrogens with two attached hydrogens (primary N) is 1. The second kappa shape index (κ2) is 17.1. The molecule has 0 radical (unpaired) electrons. The van der Waals surface area contributed by atoms with Gasteiger partial charge in [0.05, 0.1) is 11.0 Å². The van der Waals surface area contributed by atoms with Crippen molar-refractivity contribution < 1.29 is 24.2 Å². The maximum absolute atomic E-state index is 16.7. The number of aliphatic hydroxyl groups excluding tert-OH is 1. The molecule has 18 aliphatic rings. The minimum atomic E-state index is -1.13. The molecule has 9 heterocycles. The van der Waals surface area contributed by atoms with Crippen molar-refractivity contribution in [3.63, 3.8) is 0 Å². The van der Waals surface area contributed by atoms with Gasteiger partial charge < -0.3 is 25.2 Å². The molecule has 74 heavy (non-hydrogen) atoms. The lowest BCUT2D eigenvalue weighted by Gasteiger charge is -2.73. The lowest BCUT2D eigenvalue weighted by Crippen LogP contribution is -2.78. The third-order valence-electron chi connectivity index (χ3n) is 25.8. The van der Waals surface area contributed by atoms with E-state index < -0.39 is 16.4 Å². The maximum atomic E-state index is 16.7. The molecule has 12 bridgehead atoms. The van der Waals surface area contributed by atoms with Crippen LogP contribution in [0.15, 0.2) is 64.3 Å². The second-order valence-electron chi connectivity index (χ2n) is 28.6. The van der Waals surface area contributed by atoms with E-state index in [1.165, 1.54) is 153 Å². The molecule has 3 saturated heterocycles. The number of hydrogen-bond donors (Lipinski definition) is 2. The van der Waals surface area contributed by atoms with Gasteiger partial charge in [-0.3, -0.25) is 9.69 Å². The standard InChI is InChI=1S/C66H87N3O5/c67-29-11-18-42-16-9-19-51-56(42)61(71)74-66(51)55-33-43(40-12-3-1-4-13-40)20-21-44-31-50-49(41-14-5-2-6-15-41)32-45-22-23-52-47-30-39-36-68(38-47)53(46-17-10-27-63(35-46)25-7-8-26-63)34-54(70)60-64(66)28-24-48(57(50)59(45)69(52)37-39)58(44)65(55,64)62(72)73-60/h9,16,19-21,39-41,43-44,46-47,49-50,52-53,55,57,70H,1-8,10-15,17-18,22-38,67H2/b21-20-,60-54+/t39-,43-,44+,46-,47+,49-,50+,52-,53-,55+,57+,64-,65-,66-/m1/s1. The number of carbonyl (C=O) groups excluding carboxylic acids is 2. The summed E-state index contributed by atoms with van der Waals surface area (Å²) < 4.78 is 14.8. The smallest absolute Gasteiger partial charge is 0.339 e. The zero-order chi connectivity index (χ0) is 49.3. The predicted octanol–water partition coefficient (Wildman–Crippen LogP) is 13.2. The van der Waals surface area contributed by atoms with E-state index in [9.17, 15) is 5.11 Å². The molecule has 8 heteroatoms. The average molecular weight is 1000 g/mol. The van der Waals surface area contributed by atoms with Crippen molar-refractivity contribution in [1.29, 1.82) is 0 Å². The lowest BCUT2D eigenvalue weighted by molar-refractivity contribution is -0.282. The highest BCUT2D eigenvalue weighted by atomic mass is 16.6. The van der Waals surface area contributed by atoms with Crippen LogP contribution in [0.4, 0.5) is 0 Å². The molecule has 1 unspecified atom stereocenters. The fourth-order valence-corrected chi connectivity index (χ4v) is 23.4. The molecule has 8 fully saturated rings. The van der Waals surface area contributed by atoms with Gasteiger partial charge in [-0.15, -0.1) is 0 Å². The fourth-order valence-electron chi connectivity index (χ4n) is 23.4. The van der Waals surface area contributed by atoms with Crippen LogP contribution in [-0.4, -0.2) is 65.1 Å². The van der Waals surface area contributed by atoms with Crippen molar-refractivity contribution >= 4 is 11.9 Å². The summed E-state index contributed by atoms with van der Waals surface area (Å²) >= 11 is 0. The topological polar surface area (TPSA) is 105 Å². The van der Waals surface area contributed by atoms with Crippen LogP contribution in [0.3, 0.4) is 0 Å². The van der Waals surface area contributed by atoms with Crippen LogP contribution in [0.2, 0.25) is 0 Å². The first-order valence-electron chi connectivity index (χ1n) is 31.6. The highest BCUT2D eigenvalue weighted by Gasteiger charge is 2.94. The van der Waals surface area contributed by atoms with E-state index in [4.69, 9.17) is 15.2 Å². The first-order chi connectivity index (χ1) is 36.3. The molecule has 3 N–H and O–H groups in total. The Morgan fingerprint density at radius 1 is 0.743 bits per heavy atom. The van der Waals surface area contributed by atoms with Crippen LogP contribution in [0.1, 0.15) is 201 Å². The van der Waals surface area contributed by atoms with E-state index in [-0.39, 0.29) is 35.7 Å². The molecule has 396 valence electrons. The number of rotatable bonds is 6. The second-order valence-corrected chi connectivity index (χ2v) is 28.6. The van der Waals surface area contributed by atoms with Crippen LogP contribution in [0.5, 0.6) is 0 Å². The van der Waals surface area contributed by atoms with E-state index >= 15 is 9.59 Å². The molecular weight excluding hydrogens is 915 g/mol. The number of hydrogen-bond acceptors (Lipinski definition) is 8. The summed E-state index contributed by atoms with van der Waals surface area (Å²) in [5, 5.41) is 13.8. The number of allylic oxidation sites excluding steroid dienone is 4. The Balaban J connectivity index is 0.964. The van der Waals surface area contributed by atoms with Gasteiger partial charge in [-0.2, -0.15) is 0 Å². The summed E-state index contributed by atoms with van der Waals surface area (Å²) in [6, 6.07) is 7.24. The quantitative estimate of drug-likeness (QED) is 0.214. The molecular formula is C66H87N3O5. The van der Waals surface area contributed by atoms with Gasteiger partial charge in [-0.05, 0) is 186 Å². The number of carbonyl (C=O) groups is 2. The number of aryl methyl sites for hydroxylation is 1. The molecule has 1 aromatic rings. The monoisotopic (exact) mass is 1000 g/mol. The van der Waals surface area contributed by atoms with E-state index in [0.29, 0.717) is 95.8 Å². The zero-order valence-corrected chi connectivity index (χ0v) is 44.8. The Kier molecular flexibility index (Phi) is 10.8. The highest BCUT2D eigenvalue weighted by Crippen LogP contribution is 2.88. The molecule has 9 aliphatic carbocycles. The molecule has 9 aliphatic heterocycles. The van der Waals surface area contributed by atoms with Gasteiger partial charge >= 0.3 is 11.9 Å². The number of benzene rings is 1. The molecule has 4 spiro atoms. The van der Waals surface area contributed by atoms with E-state index in [1.807, 2.05) is 0 Å². The summed E-state index contributed by atoms with van der Waals surface area (Å²) in [7, 11) is 0. The van der Waals surface area contributed by atoms with Crippen LogP contribution in [0, 0.1) is 81.3 Å². The number of esters is 2. The summed E-state index contributed by atoms with van der Waals surface area (Å²) in [6.45, 7) is 3.92. The number of fused-ring (bicyclic) bond motifs is 3. The highest BCUT2D eigenvalue weighted by molar-refractivity contribution is 6.00. The molecule has 0 aromatic heterocycles. The fraction of sp³-hybridized carbons (Fsp3) is 0.758. The number of aliphatic hydroxyl groups is 1. The first kappa shape index (κ1) is 46.7. The lowest BCUT2D eigenvalue weighted by atomic mass is 9.27. The predicted molar refractivity (Wildman–Crippen MR) is 286 cm³/mol. The van der Waals surface area contributed by atoms with Gasteiger partial charge in [0.15, 0.2) is 11.4 Å². The summed E-state index contributed by atoms with van der Waals surface area (Å²) in [5.41, 5.74) is 12.6. The van der Waals surface area contributed by atoms with Gasteiger partial charge in [0.1, 0.15) is 11.2 Å². The van der Waals surface area contributed by atoms with Crippen molar-refractivity contribution in [2.45, 2.75) is 204 Å². The Hall–Kier alpha value is -3.36. The van der Waals surface area contributed by atoms with Crippen molar-refractivity contribution in [3.8, 4) is 0 Å². The number of ether oxygens (including phenoxy) is 2. The summed E-state index contributed by atoms with van der Waals surface area (Å²) in [5.74, 6) is 5.11. The van der Waals surface area contributed by atoms with Crippen LogP contribution in [0.25, 0.3) is 0 Å². The van der Waals surface area contributed by atoms with Crippen molar-refractivity contribution in [3.05, 3.63) is 81.0 Å². The maximum Gasteiger partial charge on any atom is 0.339 e. The molecule has 1 aromatic carbocycles. The Labute approximate surface area is 442 Å². The first-order valence-corrected chi connectivity index (χ1v) is 31.6. The largest absolute Gasteiger partial charge is 0.509 e. The SMILES string of the molecule is NCCCc1cccc2c1C(=O)O[C@@]21[C@H]2C[C@H](C3CCCCC3)/C=C\[C@H]3C[C@@H]4[C@@H]5C6=C3[C@@]23C(=O)O/C(=C(/O)C[C@H]([C@@H]2CCCC7(CCCC7)C2)N2C[C@H]7C[C@@H](C2)[C@H]2CCC(=C5N2C7)C[C@@H]4C2CCCCC2)[C@]31CC6. The Morgan fingerprint density at radius 3 is 2.36 bits per heavy atom. The Bertz CT molecular complexity index is 2650.